The van der Waals surface area contributed by atoms with Gasteiger partial charge in [0.15, 0.2) is 11.3 Å². The number of piperidine rings is 1. The van der Waals surface area contributed by atoms with Crippen LogP contribution in [0.1, 0.15) is 52.1 Å². The molecule has 1 aliphatic heterocycles. The summed E-state index contributed by atoms with van der Waals surface area (Å²) in [5.74, 6) is 0.0497. The van der Waals surface area contributed by atoms with E-state index in [1.807, 2.05) is 6.33 Å². The first-order valence-electron chi connectivity index (χ1n) is 10.4. The fourth-order valence-electron chi connectivity index (χ4n) is 4.83. The van der Waals surface area contributed by atoms with E-state index in [1.54, 1.807) is 24.4 Å². The Labute approximate surface area is 181 Å². The molecule has 8 heteroatoms. The molecule has 1 aromatic carbocycles. The highest BCUT2D eigenvalue weighted by Gasteiger charge is 2.38. The average Bonchev–Trinajstić information content (AvgIpc) is 3.10. The summed E-state index contributed by atoms with van der Waals surface area (Å²) in [5.41, 5.74) is 9.14. The first-order chi connectivity index (χ1) is 14.6. The van der Waals surface area contributed by atoms with Crippen molar-refractivity contribution in [3.63, 3.8) is 0 Å². The van der Waals surface area contributed by atoms with Crippen LogP contribution in [0.3, 0.4) is 0 Å². The molecule has 1 fully saturated rings. The second-order valence-corrected chi connectivity index (χ2v) is 9.51. The lowest BCUT2D eigenvalue weighted by Gasteiger charge is -2.46. The van der Waals surface area contributed by atoms with Crippen LogP contribution in [-0.2, 0) is 0 Å². The Bertz CT molecular complexity index is 1160. The molecule has 2 aromatic heterocycles. The zero-order chi connectivity index (χ0) is 22.4. The van der Waals surface area contributed by atoms with Crippen LogP contribution >= 0.6 is 0 Å². The molecule has 0 amide bonds. The Kier molecular flexibility index (Phi) is 5.05. The molecule has 5 N–H and O–H groups in total. The van der Waals surface area contributed by atoms with Crippen molar-refractivity contribution in [3.8, 4) is 17.0 Å². The number of fused-ring (bicyclic) bond motifs is 1. The van der Waals surface area contributed by atoms with Crippen LogP contribution in [0, 0.1) is 5.41 Å². The lowest BCUT2D eigenvalue weighted by molar-refractivity contribution is 0.134. The number of rotatable bonds is 4. The molecule has 31 heavy (non-hydrogen) atoms. The lowest BCUT2D eigenvalue weighted by Crippen LogP contribution is -2.57. The number of phenols is 1. The molecule has 1 aliphatic rings. The zero-order valence-corrected chi connectivity index (χ0v) is 18.3. The molecule has 0 aliphatic carbocycles. The second-order valence-electron chi connectivity index (χ2n) is 9.51. The van der Waals surface area contributed by atoms with Crippen LogP contribution in [0.5, 0.6) is 5.75 Å². The van der Waals surface area contributed by atoms with Crippen molar-refractivity contribution in [1.82, 2.24) is 24.8 Å². The Morgan fingerprint density at radius 2 is 1.94 bits per heavy atom. The van der Waals surface area contributed by atoms with E-state index in [2.05, 4.69) is 52.5 Å². The van der Waals surface area contributed by atoms with Gasteiger partial charge in [0.1, 0.15) is 5.75 Å². The van der Waals surface area contributed by atoms with Gasteiger partial charge < -0.3 is 26.1 Å². The maximum absolute atomic E-state index is 10.5. The molecule has 0 bridgehead atoms. The fourth-order valence-corrected chi connectivity index (χ4v) is 4.83. The van der Waals surface area contributed by atoms with Crippen LogP contribution < -0.4 is 11.1 Å². The van der Waals surface area contributed by atoms with Crippen LogP contribution in [0.4, 0.5) is 0 Å². The summed E-state index contributed by atoms with van der Waals surface area (Å²) in [4.78, 5) is 13.8. The van der Waals surface area contributed by atoms with Gasteiger partial charge in [0.05, 0.1) is 18.2 Å². The fraction of sp³-hybridized carbons (Fsp3) is 0.391. The predicted molar refractivity (Wildman–Crippen MR) is 123 cm³/mol. The van der Waals surface area contributed by atoms with E-state index in [1.165, 1.54) is 6.20 Å². The molecule has 162 valence electrons. The third-order valence-electron chi connectivity index (χ3n) is 5.79. The van der Waals surface area contributed by atoms with Crippen molar-refractivity contribution in [2.75, 3.05) is 0 Å². The predicted octanol–water partition coefficient (Wildman–Crippen LogP) is 3.63. The van der Waals surface area contributed by atoms with Gasteiger partial charge in [-0.25, -0.2) is 15.0 Å². The summed E-state index contributed by atoms with van der Waals surface area (Å²) >= 11 is 0. The molecular weight excluding hydrogens is 390 g/mol. The Balaban J connectivity index is 1.69. The third kappa shape index (κ3) is 4.03. The number of aromatic nitrogens is 4. The van der Waals surface area contributed by atoms with E-state index in [0.717, 1.165) is 24.7 Å². The molecule has 0 atom stereocenters. The van der Waals surface area contributed by atoms with Gasteiger partial charge >= 0.3 is 0 Å². The van der Waals surface area contributed by atoms with E-state index in [-0.39, 0.29) is 22.9 Å². The van der Waals surface area contributed by atoms with Gasteiger partial charge in [0, 0.05) is 40.7 Å². The van der Waals surface area contributed by atoms with Gasteiger partial charge in [-0.05, 0) is 58.2 Å². The van der Waals surface area contributed by atoms with Crippen LogP contribution in [0.25, 0.3) is 28.1 Å². The Hall–Kier alpha value is -3.26. The highest BCUT2D eigenvalue weighted by molar-refractivity contribution is 6.08. The smallest absolute Gasteiger partial charge is 0.198 e. The van der Waals surface area contributed by atoms with Gasteiger partial charge in [0.25, 0.3) is 0 Å². The summed E-state index contributed by atoms with van der Waals surface area (Å²) in [5, 5.41) is 21.7. The number of nitrogens with zero attached hydrogens (tertiary/aromatic N) is 4. The van der Waals surface area contributed by atoms with E-state index >= 15 is 0 Å². The van der Waals surface area contributed by atoms with E-state index in [9.17, 15) is 5.11 Å². The number of aromatic hydroxyl groups is 1. The highest BCUT2D eigenvalue weighted by atomic mass is 16.3. The number of benzene rings is 1. The molecule has 8 nitrogen and oxygen atoms in total. The monoisotopic (exact) mass is 419 g/mol. The van der Waals surface area contributed by atoms with Crippen molar-refractivity contribution in [2.24, 2.45) is 5.73 Å². The number of imidazole rings is 1. The minimum atomic E-state index is 0.0111. The molecule has 0 saturated carbocycles. The molecule has 0 spiro atoms. The maximum Gasteiger partial charge on any atom is 0.198 e. The van der Waals surface area contributed by atoms with Crippen molar-refractivity contribution in [1.29, 1.82) is 5.41 Å². The quantitative estimate of drug-likeness (QED) is 0.479. The largest absolute Gasteiger partial charge is 0.507 e. The molecular formula is C23H29N7O. The van der Waals surface area contributed by atoms with Crippen molar-refractivity contribution < 1.29 is 5.11 Å². The SMILES string of the molecule is CC1(C)CC(n2cnc3nc(-c4ccc(/C(C=N)=C/N)cc4O)cnc32)CC(C)(C)N1. The summed E-state index contributed by atoms with van der Waals surface area (Å²) in [6.07, 6.45) is 7.92. The van der Waals surface area contributed by atoms with Gasteiger partial charge in [-0.2, -0.15) is 0 Å². The molecule has 3 heterocycles. The number of nitrogens with one attached hydrogen (secondary N) is 2. The maximum atomic E-state index is 10.5. The van der Waals surface area contributed by atoms with E-state index < -0.39 is 0 Å². The van der Waals surface area contributed by atoms with E-state index in [0.29, 0.717) is 28.0 Å². The molecule has 3 aromatic rings. The Morgan fingerprint density at radius 1 is 1.23 bits per heavy atom. The summed E-state index contributed by atoms with van der Waals surface area (Å²) in [6, 6.07) is 5.39. The topological polar surface area (TPSA) is 126 Å². The second kappa shape index (κ2) is 7.46. The minimum absolute atomic E-state index is 0.0111. The van der Waals surface area contributed by atoms with Crippen LogP contribution in [0.15, 0.2) is 36.9 Å². The highest BCUT2D eigenvalue weighted by Crippen LogP contribution is 2.37. The van der Waals surface area contributed by atoms with E-state index in [4.69, 9.17) is 11.1 Å². The third-order valence-corrected chi connectivity index (χ3v) is 5.79. The summed E-state index contributed by atoms with van der Waals surface area (Å²) in [7, 11) is 0. The number of nitrogens with two attached hydrogens (primary N) is 1. The molecule has 4 rings (SSSR count). The number of hydrogen-bond donors (Lipinski definition) is 4. The molecule has 0 radical (unpaired) electrons. The van der Waals surface area contributed by atoms with Gasteiger partial charge in [-0.15, -0.1) is 0 Å². The van der Waals surface area contributed by atoms with Crippen LogP contribution in [0.2, 0.25) is 0 Å². The zero-order valence-electron chi connectivity index (χ0n) is 18.3. The van der Waals surface area contributed by atoms with Crippen molar-refractivity contribution in [3.05, 3.63) is 42.5 Å². The number of phenolic OH excluding ortho intramolecular Hbond substituents is 1. The molecule has 1 saturated heterocycles. The Morgan fingerprint density at radius 3 is 2.55 bits per heavy atom. The lowest BCUT2D eigenvalue weighted by atomic mass is 9.79. The number of hydrogen-bond acceptors (Lipinski definition) is 7. The van der Waals surface area contributed by atoms with Crippen LogP contribution in [-0.4, -0.2) is 41.9 Å². The normalized spacial score (nSPS) is 18.9. The van der Waals surface area contributed by atoms with Gasteiger partial charge in [-0.3, -0.25) is 0 Å². The van der Waals surface area contributed by atoms with Gasteiger partial charge in [0.2, 0.25) is 0 Å². The number of allylic oxidation sites excluding steroid dienone is 1. The van der Waals surface area contributed by atoms with Gasteiger partial charge in [-0.1, -0.05) is 6.07 Å². The first-order valence-corrected chi connectivity index (χ1v) is 10.4. The standard InChI is InChI=1S/C23H29N7O/c1-22(2)8-16(9-23(3,4)29-22)30-13-27-20-21(30)26-12-18(28-20)17-6-5-14(7-19(17)31)15(10-24)11-25/h5-7,10-13,16,24,29,31H,8-9,25H2,1-4H3/b15-11+,24-10?. The first kappa shape index (κ1) is 21.0. The van der Waals surface area contributed by atoms with Crippen molar-refractivity contribution in [2.45, 2.75) is 57.7 Å². The summed E-state index contributed by atoms with van der Waals surface area (Å²) in [6.45, 7) is 8.89. The molecule has 0 unspecified atom stereocenters. The minimum Gasteiger partial charge on any atom is -0.507 e. The summed E-state index contributed by atoms with van der Waals surface area (Å²) < 4.78 is 2.13. The average molecular weight is 420 g/mol. The van der Waals surface area contributed by atoms with Crippen molar-refractivity contribution >= 4 is 23.1 Å².